The third kappa shape index (κ3) is 19.4. The van der Waals surface area contributed by atoms with Gasteiger partial charge in [0.2, 0.25) is 52.9 Å². The SMILES string of the molecule is Cn1cc(Nc2nccc(-c3ccc4c(c3)CN(C3COC3)CCC4CC(=O)c3nnc(C(C)(C)C)o3)n2)cn1.Cn1cc(Nc2nccc(-c3ccc4c(c3)CN(C3COC3)CC[C@@H]4CC(=O)c3nnc(C(C)(C)C)o3)n2)cn1.Cn1cc(Nc2nccc(-c3ccc4c(c3)CN(C3COC3)CC[C@H]4CC(=O)c3nnc(C(C)(C)C)o3)n2)cn1. The molecule has 9 aromatic heterocycles. The summed E-state index contributed by atoms with van der Waals surface area (Å²) in [4.78, 5) is 74.6. The summed E-state index contributed by atoms with van der Waals surface area (Å²) in [5.41, 5.74) is 14.1. The number of ketones is 3. The number of carbonyl (C=O) groups is 3. The van der Waals surface area contributed by atoms with E-state index in [0.29, 0.717) is 72.9 Å². The van der Waals surface area contributed by atoms with Gasteiger partial charge < -0.3 is 43.4 Å². The van der Waals surface area contributed by atoms with Gasteiger partial charge in [-0.05, 0) is 126 Å². The number of Topliss-reactive ketones (excluding diaryl/α,β-unsaturated/α-hetero) is 3. The van der Waals surface area contributed by atoms with E-state index in [2.05, 4.69) is 146 Å². The largest absolute Gasteiger partial charge is 0.418 e. The highest BCUT2D eigenvalue weighted by atomic mass is 16.5. The maximum absolute atomic E-state index is 13.3. The van der Waals surface area contributed by atoms with E-state index in [0.717, 1.165) is 149 Å². The van der Waals surface area contributed by atoms with Crippen LogP contribution in [0.5, 0.6) is 0 Å². The molecule has 3 saturated heterocycles. The topological polar surface area (TPSA) is 372 Å². The van der Waals surface area contributed by atoms with Crippen molar-refractivity contribution in [1.29, 1.82) is 0 Å². The van der Waals surface area contributed by atoms with Gasteiger partial charge in [-0.1, -0.05) is 98.7 Å². The second-order valence-corrected chi connectivity index (χ2v) is 34.9. The Bertz CT molecular complexity index is 5090. The zero-order valence-electron chi connectivity index (χ0n) is 69.9. The van der Waals surface area contributed by atoms with Gasteiger partial charge in [-0.2, -0.15) is 15.3 Å². The fraction of sp³-hybridized carbons (Fsp3) is 0.448. The highest BCUT2D eigenvalue weighted by molar-refractivity contribution is 5.93. The van der Waals surface area contributed by atoms with Crippen molar-refractivity contribution in [3.63, 3.8) is 0 Å². The summed E-state index contributed by atoms with van der Waals surface area (Å²) in [7, 11) is 5.59. The molecule has 624 valence electrons. The highest BCUT2D eigenvalue weighted by Crippen LogP contribution is 2.41. The number of ether oxygens (including phenoxy) is 3. The fourth-order valence-corrected chi connectivity index (χ4v) is 15.5. The number of rotatable bonds is 21. The molecule has 0 radical (unpaired) electrons. The number of anilines is 6. The summed E-state index contributed by atoms with van der Waals surface area (Å²) in [5, 5.41) is 46.8. The van der Waals surface area contributed by atoms with Crippen LogP contribution >= 0.6 is 0 Å². The Morgan fingerprint density at radius 2 is 0.675 bits per heavy atom. The Labute approximate surface area is 695 Å². The maximum Gasteiger partial charge on any atom is 0.284 e. The van der Waals surface area contributed by atoms with Crippen molar-refractivity contribution < 1.29 is 41.8 Å². The van der Waals surface area contributed by atoms with E-state index in [1.807, 2.05) is 120 Å². The molecule has 0 spiro atoms. The Morgan fingerprint density at radius 1 is 0.392 bits per heavy atom. The van der Waals surface area contributed by atoms with E-state index in [9.17, 15) is 14.4 Å². The predicted octanol–water partition coefficient (Wildman–Crippen LogP) is 12.8. The van der Waals surface area contributed by atoms with Gasteiger partial charge in [0.15, 0.2) is 0 Å². The van der Waals surface area contributed by atoms with Crippen LogP contribution in [-0.4, -0.2) is 199 Å². The van der Waals surface area contributed by atoms with Gasteiger partial charge in [-0.15, -0.1) is 30.6 Å². The average Bonchev–Trinajstić information content (AvgIpc) is 1.57. The minimum Gasteiger partial charge on any atom is -0.418 e. The molecule has 3 N–H and O–H groups in total. The van der Waals surface area contributed by atoms with Gasteiger partial charge in [0.05, 0.1) is 111 Å². The Balaban J connectivity index is 0.000000134. The summed E-state index contributed by atoms with van der Waals surface area (Å²) in [6.45, 7) is 27.4. The Morgan fingerprint density at radius 3 is 0.908 bits per heavy atom. The number of nitrogens with zero attached hydrogens (tertiary/aromatic N) is 21. The molecule has 0 aliphatic carbocycles. The van der Waals surface area contributed by atoms with Crippen LogP contribution in [0.15, 0.2) is 142 Å². The Kier molecular flexibility index (Phi) is 23.8. The van der Waals surface area contributed by atoms with Crippen molar-refractivity contribution in [3.05, 3.63) is 197 Å². The lowest BCUT2D eigenvalue weighted by Crippen LogP contribution is -2.48. The lowest BCUT2D eigenvalue weighted by atomic mass is 9.87. The standard InChI is InChI=1S/3C29H34N8O3/c3*1-29(2,3)27-35-34-26(40-27)25(38)12-18-8-10-37(22-16-39-17-22)14-20-11-19(5-6-23(18)20)24-7-9-30-28(33-24)32-21-13-31-36(4)15-21/h3*5-7,9,11,13,15,18,22H,8,10,12,14,16-17H2,1-4H3,(H,30,32,33)/t2*18-;/m10./s1. The number of nitrogens with one attached hydrogen (secondary N) is 3. The molecule has 33 nitrogen and oxygen atoms in total. The normalized spacial score (nSPS) is 18.1. The van der Waals surface area contributed by atoms with Crippen LogP contribution in [-0.2, 0) is 71.2 Å². The van der Waals surface area contributed by atoms with Crippen LogP contribution in [0.3, 0.4) is 0 Å². The molecule has 0 amide bonds. The second-order valence-electron chi connectivity index (χ2n) is 34.9. The second kappa shape index (κ2) is 34.8. The number of benzene rings is 3. The first-order valence-corrected chi connectivity index (χ1v) is 40.9. The molecule has 3 fully saturated rings. The first-order chi connectivity index (χ1) is 57.7. The smallest absolute Gasteiger partial charge is 0.284 e. The number of aromatic nitrogens is 18. The number of carbonyl (C=O) groups excluding carboxylic acids is 3. The molecule has 6 aliphatic heterocycles. The number of aryl methyl sites for hydroxylation is 3. The van der Waals surface area contributed by atoms with Crippen LogP contribution in [0.4, 0.5) is 34.9 Å². The van der Waals surface area contributed by atoms with Crippen molar-refractivity contribution in [3.8, 4) is 33.8 Å². The minimum atomic E-state index is -0.309. The van der Waals surface area contributed by atoms with Crippen molar-refractivity contribution in [1.82, 2.24) is 105 Å². The van der Waals surface area contributed by atoms with E-state index < -0.39 is 0 Å². The van der Waals surface area contributed by atoms with E-state index in [-0.39, 0.29) is 69.0 Å². The van der Waals surface area contributed by atoms with Crippen molar-refractivity contribution in [2.24, 2.45) is 21.1 Å². The molecule has 33 heteroatoms. The van der Waals surface area contributed by atoms with Gasteiger partial charge in [0.25, 0.3) is 17.7 Å². The van der Waals surface area contributed by atoms with Gasteiger partial charge in [0.1, 0.15) is 0 Å². The molecule has 3 aromatic carbocycles. The summed E-state index contributed by atoms with van der Waals surface area (Å²) in [5.74, 6) is 2.97. The summed E-state index contributed by atoms with van der Waals surface area (Å²) in [6, 6.07) is 26.2. The van der Waals surface area contributed by atoms with Crippen molar-refractivity contribution in [2.75, 3.05) is 75.2 Å². The summed E-state index contributed by atoms with van der Waals surface area (Å²) in [6.07, 6.45) is 19.6. The molecule has 0 saturated carbocycles. The van der Waals surface area contributed by atoms with Crippen LogP contribution in [0.2, 0.25) is 0 Å². The van der Waals surface area contributed by atoms with E-state index >= 15 is 0 Å². The summed E-state index contributed by atoms with van der Waals surface area (Å²) >= 11 is 0. The summed E-state index contributed by atoms with van der Waals surface area (Å²) < 4.78 is 39.0. The zero-order valence-corrected chi connectivity index (χ0v) is 69.9. The first kappa shape index (κ1) is 81.8. The average molecular weight is 1630 g/mol. The van der Waals surface area contributed by atoms with E-state index in [4.69, 9.17) is 42.4 Å². The molecule has 18 rings (SSSR count). The van der Waals surface area contributed by atoms with E-state index in [1.54, 1.807) is 51.2 Å². The zero-order chi connectivity index (χ0) is 83.6. The molecular formula is C87H102N24O9. The van der Waals surface area contributed by atoms with Gasteiger partial charge in [0, 0.05) is 130 Å². The number of hydrogen-bond donors (Lipinski definition) is 3. The quantitative estimate of drug-likeness (QED) is 0.0562. The first-order valence-electron chi connectivity index (χ1n) is 40.9. The van der Waals surface area contributed by atoms with E-state index in [1.165, 1.54) is 33.4 Å². The Hall–Kier alpha value is -11.9. The lowest BCUT2D eigenvalue weighted by molar-refractivity contribution is -0.0677. The molecule has 120 heavy (non-hydrogen) atoms. The monoisotopic (exact) mass is 1630 g/mol. The van der Waals surface area contributed by atoms with Crippen molar-refractivity contribution in [2.45, 2.75) is 173 Å². The molecule has 0 bridgehead atoms. The maximum atomic E-state index is 13.3. The van der Waals surface area contributed by atoms with Crippen LogP contribution in [0.1, 0.15) is 202 Å². The van der Waals surface area contributed by atoms with Crippen molar-refractivity contribution >= 4 is 52.3 Å². The molecule has 6 aliphatic rings. The lowest BCUT2D eigenvalue weighted by Gasteiger charge is -2.36. The number of fused-ring (bicyclic) bond motifs is 3. The minimum absolute atomic E-state index is 0.0424. The van der Waals surface area contributed by atoms with Gasteiger partial charge in [-0.25, -0.2) is 29.9 Å². The molecule has 15 heterocycles. The third-order valence-corrected chi connectivity index (χ3v) is 22.5. The molecule has 3 atom stereocenters. The highest BCUT2D eigenvalue weighted by Gasteiger charge is 2.38. The predicted molar refractivity (Wildman–Crippen MR) is 445 cm³/mol. The molecular weight excluding hydrogens is 1530 g/mol. The van der Waals surface area contributed by atoms with Crippen LogP contribution in [0, 0.1) is 0 Å². The number of hydrogen-bond acceptors (Lipinski definition) is 30. The molecule has 12 aromatic rings. The molecule has 1 unspecified atom stereocenters. The van der Waals surface area contributed by atoms with Crippen LogP contribution < -0.4 is 16.0 Å². The van der Waals surface area contributed by atoms with Gasteiger partial charge >= 0.3 is 0 Å². The third-order valence-electron chi connectivity index (χ3n) is 22.5. The van der Waals surface area contributed by atoms with Crippen LogP contribution in [0.25, 0.3) is 33.8 Å². The van der Waals surface area contributed by atoms with Gasteiger partial charge in [-0.3, -0.25) is 43.1 Å². The fourth-order valence-electron chi connectivity index (χ4n) is 15.5.